The van der Waals surface area contributed by atoms with Gasteiger partial charge in [-0.25, -0.2) is 4.79 Å². The number of phenols is 1. The number of carbonyl (C=O) groups is 12. The lowest BCUT2D eigenvalue weighted by Gasteiger charge is -2.27. The second kappa shape index (κ2) is 30.2. The summed E-state index contributed by atoms with van der Waals surface area (Å²) in [5.74, 6) is -17.3. The molecule has 0 unspecified atom stereocenters. The van der Waals surface area contributed by atoms with Gasteiger partial charge in [0.05, 0.1) is 32.7 Å². The number of aliphatic hydroxyl groups is 3. The molecule has 29 heteroatoms. The zero-order chi connectivity index (χ0) is 54.3. The van der Waals surface area contributed by atoms with Gasteiger partial charge in [-0.05, 0) is 42.4 Å². The molecule has 9 atom stereocenters. The number of rotatable bonds is 32. The Kier molecular flexibility index (Phi) is 26.1. The first-order valence-electron chi connectivity index (χ1n) is 21.8. The minimum Gasteiger partial charge on any atom is -0.508 e. The molecule has 0 heterocycles. The van der Waals surface area contributed by atoms with Gasteiger partial charge in [0.25, 0.3) is 0 Å². The van der Waals surface area contributed by atoms with Crippen LogP contribution in [-0.2, 0) is 64.0 Å². The summed E-state index contributed by atoms with van der Waals surface area (Å²) in [6, 6.07) is -11.0. The Morgan fingerprint density at radius 3 is 1.27 bits per heavy atom. The fourth-order valence-corrected chi connectivity index (χ4v) is 6.24. The summed E-state index contributed by atoms with van der Waals surface area (Å²) in [6.07, 6.45) is -4.26. The van der Waals surface area contributed by atoms with Crippen molar-refractivity contribution in [2.75, 3.05) is 19.8 Å². The van der Waals surface area contributed by atoms with Crippen LogP contribution >= 0.6 is 0 Å². The average Bonchev–Trinajstić information content (AvgIpc) is 3.28. The lowest BCUT2D eigenvalue weighted by molar-refractivity contribution is -0.145. The van der Waals surface area contributed by atoms with Gasteiger partial charge in [-0.2, -0.15) is 0 Å². The molecule has 0 aromatic heterocycles. The predicted octanol–water partition coefficient (Wildman–Crippen LogP) is -6.28. The molecule has 0 aliphatic carbocycles. The van der Waals surface area contributed by atoms with Crippen LogP contribution in [-0.4, -0.2) is 186 Å². The summed E-state index contributed by atoms with van der Waals surface area (Å²) >= 11 is 0. The Bertz CT molecular complexity index is 2070. The third-order valence-corrected chi connectivity index (χ3v) is 10.0. The van der Waals surface area contributed by atoms with Gasteiger partial charge in [0.1, 0.15) is 60.1 Å². The highest BCUT2D eigenvalue weighted by Gasteiger charge is 2.36. The van der Waals surface area contributed by atoms with Crippen molar-refractivity contribution in [2.45, 2.75) is 121 Å². The number of benzene rings is 1. The smallest absolute Gasteiger partial charge is 0.326 e. The van der Waals surface area contributed by atoms with E-state index >= 15 is 0 Å². The third kappa shape index (κ3) is 22.2. The molecule has 1 aromatic rings. The van der Waals surface area contributed by atoms with Crippen molar-refractivity contribution in [2.24, 2.45) is 17.6 Å². The van der Waals surface area contributed by atoms with Crippen LogP contribution in [0.25, 0.3) is 0 Å². The van der Waals surface area contributed by atoms with E-state index in [4.69, 9.17) is 5.73 Å². The number of aliphatic hydroxyl groups excluding tert-OH is 3. The summed E-state index contributed by atoms with van der Waals surface area (Å²) in [6.45, 7) is 2.95. The average molecular weight is 1010 g/mol. The zero-order valence-corrected chi connectivity index (χ0v) is 39.1. The fraction of sp³-hybridized carbons (Fsp3) is 0.571. The summed E-state index contributed by atoms with van der Waals surface area (Å²) in [5, 5.41) is 94.1. The van der Waals surface area contributed by atoms with E-state index in [9.17, 15) is 98.4 Å². The minimum atomic E-state index is -2.00. The van der Waals surface area contributed by atoms with Crippen molar-refractivity contribution in [1.29, 1.82) is 0 Å². The highest BCUT2D eigenvalue weighted by Crippen LogP contribution is 2.13. The Morgan fingerprint density at radius 2 is 0.859 bits per heavy atom. The maximum absolute atomic E-state index is 13.9. The maximum atomic E-state index is 13.9. The number of carbonyl (C=O) groups excluding carboxylic acids is 8. The molecule has 18 N–H and O–H groups in total. The van der Waals surface area contributed by atoms with Crippen molar-refractivity contribution in [1.82, 2.24) is 42.5 Å². The standard InChI is InChI=1S/C42H63N9O20/c1-18(2)11-24(45-34(62)22(43)15-52)36(64)47-26(13-31(58)59)38(66)44-23(9-10-30(56)57)35(63)46-25(12-20-5-7-21(55)8-6-20)37(65)49-29(17-54)41(69)50-28(16-53)40(68)48-27(14-32(60)61)39(67)51-33(19(3)4)42(70)71/h5-8,18-19,22-29,33,52-55H,9-17,43H2,1-4H3,(H,44,66)(H,45,62)(H,46,63)(H,47,64)(H,48,68)(H,49,65)(H,50,69)(H,51,67)(H,56,57)(H,58,59)(H,60,61)(H,70,71)/t22-,23-,24-,25-,26-,27-,28-,29-,33-/m0/s1. The fourth-order valence-electron chi connectivity index (χ4n) is 6.24. The molecule has 0 spiro atoms. The first-order valence-corrected chi connectivity index (χ1v) is 21.8. The molecule has 0 bridgehead atoms. The monoisotopic (exact) mass is 1010 g/mol. The molecular weight excluding hydrogens is 951 g/mol. The Morgan fingerprint density at radius 1 is 0.479 bits per heavy atom. The van der Waals surface area contributed by atoms with Gasteiger partial charge < -0.3 is 89.1 Å². The van der Waals surface area contributed by atoms with Crippen molar-refractivity contribution < 1.29 is 98.4 Å². The molecular formula is C42H63N9O20. The lowest BCUT2D eigenvalue weighted by atomic mass is 10.0. The van der Waals surface area contributed by atoms with E-state index in [-0.39, 0.29) is 23.7 Å². The molecule has 1 rings (SSSR count). The first-order chi connectivity index (χ1) is 33.1. The van der Waals surface area contributed by atoms with Crippen LogP contribution in [0.3, 0.4) is 0 Å². The highest BCUT2D eigenvalue weighted by atomic mass is 16.4. The van der Waals surface area contributed by atoms with Gasteiger partial charge in [-0.3, -0.25) is 52.7 Å². The maximum Gasteiger partial charge on any atom is 0.326 e. The van der Waals surface area contributed by atoms with Gasteiger partial charge in [-0.15, -0.1) is 0 Å². The summed E-state index contributed by atoms with van der Waals surface area (Å²) in [5.41, 5.74) is 5.77. The number of aromatic hydroxyl groups is 1. The van der Waals surface area contributed by atoms with Crippen molar-refractivity contribution in [3.05, 3.63) is 29.8 Å². The summed E-state index contributed by atoms with van der Waals surface area (Å²) in [4.78, 5) is 153. The van der Waals surface area contributed by atoms with Crippen LogP contribution in [0.1, 0.15) is 65.4 Å². The van der Waals surface area contributed by atoms with E-state index in [1.165, 1.54) is 38.1 Å². The van der Waals surface area contributed by atoms with E-state index in [0.29, 0.717) is 0 Å². The Hall–Kier alpha value is -7.50. The second-order valence-electron chi connectivity index (χ2n) is 16.8. The normalized spacial score (nSPS) is 14.8. The number of aliphatic carboxylic acids is 4. The minimum absolute atomic E-state index is 0.0624. The van der Waals surface area contributed by atoms with Crippen LogP contribution in [0.15, 0.2) is 24.3 Å². The SMILES string of the molecule is CC(C)C[C@H](NC(=O)[C@@H](N)CO)C(=O)N[C@@H](CC(=O)O)C(=O)N[C@@H](CCC(=O)O)C(=O)N[C@@H](Cc1ccc(O)cc1)C(=O)N[C@@H](CO)C(=O)N[C@@H](CO)C(=O)N[C@@H](CC(=O)O)C(=O)N[C@H](C(=O)O)C(C)C. The van der Waals surface area contributed by atoms with Crippen LogP contribution in [0.5, 0.6) is 5.75 Å². The van der Waals surface area contributed by atoms with Gasteiger partial charge in [0, 0.05) is 12.8 Å². The molecule has 1 aromatic carbocycles. The van der Waals surface area contributed by atoms with Gasteiger partial charge in [0.2, 0.25) is 47.3 Å². The van der Waals surface area contributed by atoms with Gasteiger partial charge in [-0.1, -0.05) is 39.8 Å². The zero-order valence-electron chi connectivity index (χ0n) is 39.1. The number of amides is 8. The molecule has 0 fully saturated rings. The molecule has 29 nitrogen and oxygen atoms in total. The van der Waals surface area contributed by atoms with Crippen LogP contribution < -0.4 is 48.3 Å². The van der Waals surface area contributed by atoms with Crippen molar-refractivity contribution in [3.63, 3.8) is 0 Å². The van der Waals surface area contributed by atoms with E-state index in [0.717, 1.165) is 0 Å². The topological polar surface area (TPSA) is 489 Å². The number of nitrogens with two attached hydrogens (primary N) is 1. The predicted molar refractivity (Wildman–Crippen MR) is 240 cm³/mol. The Balaban J connectivity index is 3.49. The van der Waals surface area contributed by atoms with Crippen molar-refractivity contribution in [3.8, 4) is 5.75 Å². The molecule has 0 saturated carbocycles. The number of hydrogen-bond acceptors (Lipinski definition) is 17. The number of carboxylic acids is 4. The van der Waals surface area contributed by atoms with E-state index in [1.807, 2.05) is 10.6 Å². The van der Waals surface area contributed by atoms with Crippen molar-refractivity contribution >= 4 is 71.1 Å². The number of hydrogen-bond donors (Lipinski definition) is 17. The quantitative estimate of drug-likeness (QED) is 0.0319. The third-order valence-electron chi connectivity index (χ3n) is 10.0. The molecule has 0 radical (unpaired) electrons. The van der Waals surface area contributed by atoms with Crippen LogP contribution in [0.2, 0.25) is 0 Å². The van der Waals surface area contributed by atoms with Crippen LogP contribution in [0.4, 0.5) is 0 Å². The Labute approximate surface area is 405 Å². The first kappa shape index (κ1) is 61.5. The molecule has 0 saturated heterocycles. The highest BCUT2D eigenvalue weighted by molar-refractivity contribution is 5.99. The van der Waals surface area contributed by atoms with Crippen LogP contribution in [0, 0.1) is 11.8 Å². The number of phenolic OH excluding ortho intramolecular Hbond substituents is 1. The molecule has 0 aliphatic rings. The van der Waals surface area contributed by atoms with Gasteiger partial charge in [0.15, 0.2) is 0 Å². The summed E-state index contributed by atoms with van der Waals surface area (Å²) in [7, 11) is 0. The van der Waals surface area contributed by atoms with E-state index in [2.05, 4.69) is 31.9 Å². The number of carboxylic acid groups (broad SMARTS) is 4. The lowest BCUT2D eigenvalue weighted by Crippen LogP contribution is -2.61. The van der Waals surface area contributed by atoms with E-state index in [1.54, 1.807) is 13.8 Å². The summed E-state index contributed by atoms with van der Waals surface area (Å²) < 4.78 is 0. The molecule has 0 aliphatic heterocycles. The molecule has 396 valence electrons. The second-order valence-corrected chi connectivity index (χ2v) is 16.8. The largest absolute Gasteiger partial charge is 0.508 e. The number of nitrogens with one attached hydrogen (secondary N) is 8. The molecule has 71 heavy (non-hydrogen) atoms. The van der Waals surface area contributed by atoms with Gasteiger partial charge >= 0.3 is 23.9 Å². The van der Waals surface area contributed by atoms with E-state index < -0.39 is 183 Å². The molecule has 8 amide bonds.